The normalized spacial score (nSPS) is 11.1. The Kier molecular flexibility index (Phi) is 4.75. The number of aromatic nitrogens is 3. The Balaban J connectivity index is 1.62. The first-order chi connectivity index (χ1) is 13.6. The van der Waals surface area contributed by atoms with Gasteiger partial charge in [-0.05, 0) is 42.5 Å². The van der Waals surface area contributed by atoms with Gasteiger partial charge in [0, 0.05) is 30.4 Å². The summed E-state index contributed by atoms with van der Waals surface area (Å²) in [4.78, 5) is 29.7. The predicted octanol–water partition coefficient (Wildman–Crippen LogP) is 3.34. The quantitative estimate of drug-likeness (QED) is 0.561. The number of halogens is 1. The highest BCUT2D eigenvalue weighted by molar-refractivity contribution is 6.31. The van der Waals surface area contributed by atoms with Crippen LogP contribution >= 0.6 is 11.6 Å². The van der Waals surface area contributed by atoms with E-state index in [4.69, 9.17) is 16.3 Å². The van der Waals surface area contributed by atoms with E-state index < -0.39 is 0 Å². The topological polar surface area (TPSA) is 77.6 Å². The Labute approximate surface area is 165 Å². The number of nitrogens with one attached hydrogen (secondary N) is 1. The molecule has 0 aliphatic heterocycles. The van der Waals surface area contributed by atoms with Crippen molar-refractivity contribution in [3.8, 4) is 5.75 Å². The van der Waals surface area contributed by atoms with Crippen molar-refractivity contribution in [1.29, 1.82) is 0 Å². The zero-order chi connectivity index (χ0) is 19.7. The number of rotatable bonds is 5. The van der Waals surface area contributed by atoms with Crippen molar-refractivity contribution in [2.45, 2.75) is 13.0 Å². The summed E-state index contributed by atoms with van der Waals surface area (Å²) in [7, 11) is 1.52. The largest absolute Gasteiger partial charge is 0.495 e. The van der Waals surface area contributed by atoms with Crippen molar-refractivity contribution in [3.63, 3.8) is 0 Å². The second-order valence-corrected chi connectivity index (χ2v) is 6.65. The predicted molar refractivity (Wildman–Crippen MR) is 108 cm³/mol. The van der Waals surface area contributed by atoms with E-state index in [0.29, 0.717) is 27.6 Å². The van der Waals surface area contributed by atoms with Crippen molar-refractivity contribution < 1.29 is 9.53 Å². The molecule has 1 aromatic carbocycles. The van der Waals surface area contributed by atoms with Crippen molar-refractivity contribution >= 4 is 39.9 Å². The Morgan fingerprint density at radius 2 is 2.04 bits per heavy atom. The maximum Gasteiger partial charge on any atom is 0.276 e. The molecule has 0 saturated carbocycles. The van der Waals surface area contributed by atoms with Crippen LogP contribution in [-0.4, -0.2) is 27.0 Å². The number of pyridine rings is 1. The molecule has 28 heavy (non-hydrogen) atoms. The number of hydrogen-bond acceptors (Lipinski definition) is 4. The number of hydrogen-bond donors (Lipinski definition) is 1. The van der Waals surface area contributed by atoms with Crippen molar-refractivity contribution in [1.82, 2.24) is 14.0 Å². The molecule has 0 saturated heterocycles. The Bertz CT molecular complexity index is 1250. The molecule has 0 aliphatic carbocycles. The van der Waals surface area contributed by atoms with Crippen LogP contribution in [0.4, 0.5) is 5.69 Å². The highest BCUT2D eigenvalue weighted by Crippen LogP contribution is 2.27. The fourth-order valence-electron chi connectivity index (χ4n) is 3.20. The second kappa shape index (κ2) is 7.36. The van der Waals surface area contributed by atoms with Gasteiger partial charge in [0.1, 0.15) is 11.3 Å². The van der Waals surface area contributed by atoms with Crippen molar-refractivity contribution in [2.75, 3.05) is 12.4 Å². The van der Waals surface area contributed by atoms with E-state index >= 15 is 0 Å². The third-order valence-corrected chi connectivity index (χ3v) is 4.73. The summed E-state index contributed by atoms with van der Waals surface area (Å²) in [6.45, 7) is 0.197. The van der Waals surface area contributed by atoms with Gasteiger partial charge < -0.3 is 14.5 Å². The standard InChI is InChI=1S/C20H17ClN4O3/c1-28-17-7-6-13(21)12-14(17)23-18(26)8-11-25-19-15(4-2-9-22-19)24-10-3-5-16(24)20(25)27/h2-7,9-10,12H,8,11H2,1H3,(H,23,26). The second-order valence-electron chi connectivity index (χ2n) is 6.21. The Hall–Kier alpha value is -3.32. The molecule has 0 bridgehead atoms. The summed E-state index contributed by atoms with van der Waals surface area (Å²) in [6.07, 6.45) is 3.55. The van der Waals surface area contributed by atoms with Gasteiger partial charge in [-0.2, -0.15) is 0 Å². The highest BCUT2D eigenvalue weighted by Gasteiger charge is 2.13. The van der Waals surface area contributed by atoms with Gasteiger partial charge in [-0.1, -0.05) is 11.6 Å². The minimum atomic E-state index is -0.258. The first-order valence-corrected chi connectivity index (χ1v) is 9.04. The Morgan fingerprint density at radius 1 is 1.21 bits per heavy atom. The lowest BCUT2D eigenvalue weighted by Gasteiger charge is -2.13. The molecular weight excluding hydrogens is 380 g/mol. The van der Waals surface area contributed by atoms with E-state index in [2.05, 4.69) is 10.3 Å². The maximum atomic E-state index is 12.9. The molecule has 142 valence electrons. The van der Waals surface area contributed by atoms with Crippen molar-refractivity contribution in [2.24, 2.45) is 0 Å². The van der Waals surface area contributed by atoms with E-state index in [1.54, 1.807) is 34.9 Å². The molecule has 0 atom stereocenters. The van der Waals surface area contributed by atoms with Gasteiger partial charge in [0.2, 0.25) is 5.91 Å². The Morgan fingerprint density at radius 3 is 2.86 bits per heavy atom. The summed E-state index contributed by atoms with van der Waals surface area (Å²) >= 11 is 6.00. The third kappa shape index (κ3) is 3.20. The van der Waals surface area contributed by atoms with E-state index in [9.17, 15) is 9.59 Å². The molecule has 8 heteroatoms. The van der Waals surface area contributed by atoms with Crippen LogP contribution in [0.15, 0.2) is 59.7 Å². The minimum absolute atomic E-state index is 0.0954. The molecule has 0 radical (unpaired) electrons. The molecule has 1 N–H and O–H groups in total. The number of aryl methyl sites for hydroxylation is 1. The number of benzene rings is 1. The number of amides is 1. The molecule has 3 heterocycles. The fraction of sp³-hybridized carbons (Fsp3) is 0.150. The van der Waals surface area contributed by atoms with Gasteiger partial charge in [-0.15, -0.1) is 0 Å². The lowest BCUT2D eigenvalue weighted by molar-refractivity contribution is -0.116. The number of fused-ring (bicyclic) bond motifs is 3. The smallest absolute Gasteiger partial charge is 0.276 e. The van der Waals surface area contributed by atoms with Crippen LogP contribution in [0.3, 0.4) is 0 Å². The first-order valence-electron chi connectivity index (χ1n) is 8.66. The average molecular weight is 397 g/mol. The third-order valence-electron chi connectivity index (χ3n) is 4.49. The first kappa shape index (κ1) is 18.1. The lowest BCUT2D eigenvalue weighted by Crippen LogP contribution is -2.25. The number of nitrogens with zero attached hydrogens (tertiary/aromatic N) is 3. The molecule has 0 fully saturated rings. The number of carbonyl (C=O) groups excluding carboxylic acids is 1. The summed E-state index contributed by atoms with van der Waals surface area (Å²) in [5.74, 6) is 0.253. The number of methoxy groups -OCH3 is 1. The van der Waals surface area contributed by atoms with E-state index in [1.165, 1.54) is 11.7 Å². The van der Waals surface area contributed by atoms with Crippen LogP contribution in [-0.2, 0) is 11.3 Å². The zero-order valence-electron chi connectivity index (χ0n) is 15.1. The number of carbonyl (C=O) groups is 1. The highest BCUT2D eigenvalue weighted by atomic mass is 35.5. The lowest BCUT2D eigenvalue weighted by atomic mass is 10.2. The van der Waals surface area contributed by atoms with Crippen LogP contribution in [0.2, 0.25) is 5.02 Å². The van der Waals surface area contributed by atoms with Crippen LogP contribution < -0.4 is 15.6 Å². The SMILES string of the molecule is COc1ccc(Cl)cc1NC(=O)CCn1c(=O)c2cccn2c2cccnc21. The average Bonchev–Trinajstić information content (AvgIpc) is 3.18. The number of anilines is 1. The monoisotopic (exact) mass is 396 g/mol. The molecule has 3 aromatic heterocycles. The van der Waals surface area contributed by atoms with E-state index in [0.717, 1.165) is 5.52 Å². The summed E-state index contributed by atoms with van der Waals surface area (Å²) in [6, 6.07) is 12.2. The summed E-state index contributed by atoms with van der Waals surface area (Å²) in [5, 5.41) is 3.27. The zero-order valence-corrected chi connectivity index (χ0v) is 15.8. The van der Waals surface area contributed by atoms with Crippen LogP contribution in [0, 0.1) is 0 Å². The molecule has 0 aliphatic rings. The van der Waals surface area contributed by atoms with E-state index in [1.807, 2.05) is 24.4 Å². The summed E-state index contributed by atoms with van der Waals surface area (Å²) in [5.41, 5.74) is 2.17. The molecule has 0 spiro atoms. The van der Waals surface area contributed by atoms with Gasteiger partial charge in [0.15, 0.2) is 5.65 Å². The van der Waals surface area contributed by atoms with E-state index in [-0.39, 0.29) is 24.4 Å². The van der Waals surface area contributed by atoms with Gasteiger partial charge >= 0.3 is 0 Å². The molecule has 7 nitrogen and oxygen atoms in total. The minimum Gasteiger partial charge on any atom is -0.495 e. The van der Waals surface area contributed by atoms with Gasteiger partial charge in [0.05, 0.1) is 18.3 Å². The maximum absolute atomic E-state index is 12.9. The van der Waals surface area contributed by atoms with Crippen LogP contribution in [0.5, 0.6) is 5.75 Å². The summed E-state index contributed by atoms with van der Waals surface area (Å²) < 4.78 is 8.57. The van der Waals surface area contributed by atoms with Crippen LogP contribution in [0.1, 0.15) is 6.42 Å². The molecule has 0 unspecified atom stereocenters. The van der Waals surface area contributed by atoms with Crippen LogP contribution in [0.25, 0.3) is 16.7 Å². The van der Waals surface area contributed by atoms with Gasteiger partial charge in [0.25, 0.3) is 5.56 Å². The molecule has 1 amide bonds. The van der Waals surface area contributed by atoms with Crippen molar-refractivity contribution in [3.05, 3.63) is 70.2 Å². The number of ether oxygens (including phenoxy) is 1. The van der Waals surface area contributed by atoms with Gasteiger partial charge in [-0.25, -0.2) is 4.98 Å². The molecular formula is C20H17ClN4O3. The van der Waals surface area contributed by atoms with Gasteiger partial charge in [-0.3, -0.25) is 14.2 Å². The molecule has 4 aromatic rings. The fourth-order valence-corrected chi connectivity index (χ4v) is 3.37. The molecule has 4 rings (SSSR count).